The lowest BCUT2D eigenvalue weighted by Gasteiger charge is -2.11. The zero-order valence-electron chi connectivity index (χ0n) is 12.8. The summed E-state index contributed by atoms with van der Waals surface area (Å²) in [4.78, 5) is 29.8. The number of benzene rings is 2. The molecule has 24 heavy (non-hydrogen) atoms. The van der Waals surface area contributed by atoms with Crippen molar-refractivity contribution in [3.8, 4) is 5.75 Å². The van der Waals surface area contributed by atoms with E-state index in [9.17, 15) is 9.59 Å². The number of ketones is 2. The summed E-state index contributed by atoms with van der Waals surface area (Å²) in [5.74, 6) is 0.277. The summed E-state index contributed by atoms with van der Waals surface area (Å²) in [5, 5.41) is 0.710. The summed E-state index contributed by atoms with van der Waals surface area (Å²) in [6.07, 6.45) is 1.41. The predicted molar refractivity (Wildman–Crippen MR) is 93.9 cm³/mol. The molecule has 0 saturated heterocycles. The molecule has 1 aliphatic rings. The number of carbonyl (C=O) groups is 2. The molecule has 2 aromatic carbocycles. The van der Waals surface area contributed by atoms with Crippen LogP contribution in [0, 0.1) is 0 Å². The van der Waals surface area contributed by atoms with E-state index in [-0.39, 0.29) is 11.6 Å². The van der Waals surface area contributed by atoms with Crippen molar-refractivity contribution in [3.63, 3.8) is 0 Å². The van der Waals surface area contributed by atoms with Crippen LogP contribution in [0.4, 0.5) is 0 Å². The fraction of sp³-hybridized carbons (Fsp3) is 0.0526. The summed E-state index contributed by atoms with van der Waals surface area (Å²) in [5.41, 5.74) is 1.43. The second kappa shape index (κ2) is 5.69. The Hall–Kier alpha value is -2.79. The predicted octanol–water partition coefficient (Wildman–Crippen LogP) is 4.23. The van der Waals surface area contributed by atoms with Crippen LogP contribution in [0.1, 0.15) is 20.8 Å². The first-order valence-electron chi connectivity index (χ1n) is 7.41. The number of H-pyrrole nitrogens is 1. The van der Waals surface area contributed by atoms with Gasteiger partial charge in [0.25, 0.3) is 0 Å². The Kier molecular flexibility index (Phi) is 3.50. The molecule has 0 fully saturated rings. The van der Waals surface area contributed by atoms with Crippen molar-refractivity contribution in [1.82, 2.24) is 4.98 Å². The van der Waals surface area contributed by atoms with E-state index in [2.05, 4.69) is 4.98 Å². The molecule has 1 aliphatic carbocycles. The normalized spacial score (nSPS) is 13.8. The number of para-hydroxylation sites is 1. The van der Waals surface area contributed by atoms with E-state index in [0.717, 1.165) is 4.90 Å². The Morgan fingerprint density at radius 3 is 2.54 bits per heavy atom. The number of thioether (sulfide) groups is 1. The number of fused-ring (bicyclic) bond motifs is 3. The third kappa shape index (κ3) is 2.25. The maximum Gasteiger partial charge on any atom is 0.204 e. The summed E-state index contributed by atoms with van der Waals surface area (Å²) >= 11 is 1.31. The lowest BCUT2D eigenvalue weighted by molar-refractivity contribution is 0.0990. The number of rotatable bonds is 3. The first kappa shape index (κ1) is 14.8. The second-order valence-electron chi connectivity index (χ2n) is 5.37. The van der Waals surface area contributed by atoms with Crippen LogP contribution in [-0.4, -0.2) is 23.7 Å². The Balaban J connectivity index is 1.83. The lowest BCUT2D eigenvalue weighted by atomic mass is 9.99. The van der Waals surface area contributed by atoms with Gasteiger partial charge in [-0.05, 0) is 18.2 Å². The Morgan fingerprint density at radius 2 is 1.79 bits per heavy atom. The van der Waals surface area contributed by atoms with Crippen molar-refractivity contribution in [2.45, 2.75) is 4.90 Å². The van der Waals surface area contributed by atoms with Crippen molar-refractivity contribution in [2.75, 3.05) is 7.11 Å². The fourth-order valence-corrected chi connectivity index (χ4v) is 3.76. The number of allylic oxidation sites excluding steroid dienone is 2. The van der Waals surface area contributed by atoms with Crippen molar-refractivity contribution in [1.29, 1.82) is 0 Å². The Bertz CT molecular complexity index is 1000. The molecule has 0 atom stereocenters. The molecular formula is C19H13NO3S. The standard InChI is InChI=1S/C19H13NO3S/c1-23-14-9-5-8-12-16-18(20-17(12)14)13(21)10-15(19(16)22)24-11-6-3-2-4-7-11/h2-10,20H,1H3. The molecule has 1 N–H and O–H groups in total. The molecule has 118 valence electrons. The molecule has 0 bridgehead atoms. The Labute approximate surface area is 142 Å². The zero-order valence-corrected chi connectivity index (χ0v) is 13.6. The highest BCUT2D eigenvalue weighted by atomic mass is 32.2. The largest absolute Gasteiger partial charge is 0.495 e. The summed E-state index contributed by atoms with van der Waals surface area (Å²) in [7, 11) is 1.56. The highest BCUT2D eigenvalue weighted by Crippen LogP contribution is 2.38. The van der Waals surface area contributed by atoms with Gasteiger partial charge in [-0.2, -0.15) is 0 Å². The van der Waals surface area contributed by atoms with E-state index in [1.165, 1.54) is 17.8 Å². The molecule has 0 unspecified atom stereocenters. The molecule has 5 heteroatoms. The van der Waals surface area contributed by atoms with Crippen LogP contribution in [0.5, 0.6) is 5.75 Å². The van der Waals surface area contributed by atoms with Crippen LogP contribution >= 0.6 is 11.8 Å². The monoisotopic (exact) mass is 335 g/mol. The van der Waals surface area contributed by atoms with E-state index in [0.29, 0.717) is 32.8 Å². The van der Waals surface area contributed by atoms with Gasteiger partial charge < -0.3 is 9.72 Å². The Morgan fingerprint density at radius 1 is 1.00 bits per heavy atom. The van der Waals surface area contributed by atoms with Gasteiger partial charge in [-0.1, -0.05) is 42.1 Å². The quantitative estimate of drug-likeness (QED) is 0.778. The number of carbonyl (C=O) groups excluding carboxylic acids is 2. The molecule has 0 saturated carbocycles. The van der Waals surface area contributed by atoms with Gasteiger partial charge in [0, 0.05) is 16.4 Å². The van der Waals surface area contributed by atoms with Gasteiger partial charge in [-0.3, -0.25) is 9.59 Å². The summed E-state index contributed by atoms with van der Waals surface area (Å²) in [6, 6.07) is 15.0. The van der Waals surface area contributed by atoms with E-state index in [1.54, 1.807) is 13.2 Å². The maximum absolute atomic E-state index is 12.9. The number of ether oxygens (including phenoxy) is 1. The van der Waals surface area contributed by atoms with E-state index in [4.69, 9.17) is 4.74 Å². The van der Waals surface area contributed by atoms with Gasteiger partial charge in [-0.25, -0.2) is 0 Å². The SMILES string of the molecule is COc1cccc2c3c([nH]c12)C(=O)C=C(Sc1ccccc1)C3=O. The molecule has 1 heterocycles. The molecular weight excluding hydrogens is 322 g/mol. The average Bonchev–Trinajstić information content (AvgIpc) is 3.00. The van der Waals surface area contributed by atoms with Crippen LogP contribution in [0.3, 0.4) is 0 Å². The molecule has 0 spiro atoms. The van der Waals surface area contributed by atoms with E-state index >= 15 is 0 Å². The van der Waals surface area contributed by atoms with Crippen molar-refractivity contribution >= 4 is 34.2 Å². The van der Waals surface area contributed by atoms with Crippen molar-refractivity contribution < 1.29 is 14.3 Å². The minimum absolute atomic E-state index is 0.141. The van der Waals surface area contributed by atoms with Crippen LogP contribution in [0.25, 0.3) is 10.9 Å². The van der Waals surface area contributed by atoms with E-state index in [1.807, 2.05) is 42.5 Å². The summed E-state index contributed by atoms with van der Waals surface area (Å²) in [6.45, 7) is 0. The zero-order chi connectivity index (χ0) is 16.7. The van der Waals surface area contributed by atoms with Crippen LogP contribution < -0.4 is 4.74 Å². The average molecular weight is 335 g/mol. The van der Waals surface area contributed by atoms with Crippen LogP contribution in [0.2, 0.25) is 0 Å². The molecule has 3 aromatic rings. The second-order valence-corrected chi connectivity index (χ2v) is 6.49. The number of nitrogens with one attached hydrogen (secondary N) is 1. The minimum Gasteiger partial charge on any atom is -0.495 e. The number of hydrogen-bond acceptors (Lipinski definition) is 4. The van der Waals surface area contributed by atoms with Crippen LogP contribution in [0.15, 0.2) is 64.4 Å². The number of aromatic amines is 1. The molecule has 0 aliphatic heterocycles. The number of Topliss-reactive ketones (excluding diaryl/α,β-unsaturated/α-hetero) is 1. The number of aromatic nitrogens is 1. The highest BCUT2D eigenvalue weighted by molar-refractivity contribution is 8.04. The molecule has 1 aromatic heterocycles. The molecule has 4 nitrogen and oxygen atoms in total. The highest BCUT2D eigenvalue weighted by Gasteiger charge is 2.31. The van der Waals surface area contributed by atoms with Crippen molar-refractivity contribution in [2.24, 2.45) is 0 Å². The van der Waals surface area contributed by atoms with Gasteiger partial charge in [0.05, 0.1) is 28.8 Å². The maximum atomic E-state index is 12.9. The summed E-state index contributed by atoms with van der Waals surface area (Å²) < 4.78 is 5.32. The topological polar surface area (TPSA) is 59.2 Å². The van der Waals surface area contributed by atoms with Gasteiger partial charge in [0.2, 0.25) is 11.6 Å². The smallest absolute Gasteiger partial charge is 0.204 e. The van der Waals surface area contributed by atoms with Gasteiger partial charge >= 0.3 is 0 Å². The molecule has 4 rings (SSSR count). The fourth-order valence-electron chi connectivity index (χ4n) is 2.85. The minimum atomic E-state index is -0.193. The van der Waals surface area contributed by atoms with Gasteiger partial charge in [-0.15, -0.1) is 0 Å². The third-order valence-electron chi connectivity index (χ3n) is 3.95. The lowest BCUT2D eigenvalue weighted by Crippen LogP contribution is -2.14. The first-order valence-corrected chi connectivity index (χ1v) is 8.23. The van der Waals surface area contributed by atoms with Crippen LogP contribution in [-0.2, 0) is 0 Å². The van der Waals surface area contributed by atoms with Crippen molar-refractivity contribution in [3.05, 3.63) is 70.8 Å². The van der Waals surface area contributed by atoms with Gasteiger partial charge in [0.15, 0.2) is 0 Å². The van der Waals surface area contributed by atoms with Gasteiger partial charge in [0.1, 0.15) is 5.75 Å². The first-order chi connectivity index (χ1) is 11.7. The third-order valence-corrected chi connectivity index (χ3v) is 4.98. The number of methoxy groups -OCH3 is 1. The number of hydrogen-bond donors (Lipinski definition) is 1. The molecule has 0 radical (unpaired) electrons. The van der Waals surface area contributed by atoms with E-state index < -0.39 is 0 Å². The molecule has 0 amide bonds.